The average Bonchev–Trinajstić information content (AvgIpc) is 3.25. The fourth-order valence-electron chi connectivity index (χ4n) is 4.66. The summed E-state index contributed by atoms with van der Waals surface area (Å²) < 4.78 is 18.4. The topological polar surface area (TPSA) is 88.3 Å². The van der Waals surface area contributed by atoms with Gasteiger partial charge in [0.2, 0.25) is 5.91 Å². The van der Waals surface area contributed by atoms with Crippen LogP contribution in [-0.4, -0.2) is 45.5 Å². The van der Waals surface area contributed by atoms with Gasteiger partial charge in [0.1, 0.15) is 11.9 Å². The van der Waals surface area contributed by atoms with Gasteiger partial charge in [-0.15, -0.1) is 0 Å². The van der Waals surface area contributed by atoms with Crippen molar-refractivity contribution in [1.29, 1.82) is 0 Å². The first-order chi connectivity index (χ1) is 14.9. The Balaban J connectivity index is 1.57. The third-order valence-electron chi connectivity index (χ3n) is 6.28. The van der Waals surface area contributed by atoms with Crippen LogP contribution in [0.1, 0.15) is 63.0 Å². The molecule has 31 heavy (non-hydrogen) atoms. The van der Waals surface area contributed by atoms with Gasteiger partial charge in [-0.05, 0) is 55.4 Å². The Morgan fingerprint density at radius 3 is 2.61 bits per heavy atom. The highest BCUT2D eigenvalue weighted by atomic mass is 19.1. The molecule has 1 aromatic heterocycles. The molecule has 0 spiro atoms. The maximum atomic E-state index is 13.4. The highest BCUT2D eigenvalue weighted by Gasteiger charge is 2.41. The number of benzene rings is 1. The number of rotatable bonds is 5. The molecule has 2 aliphatic rings. The highest BCUT2D eigenvalue weighted by molar-refractivity contribution is 5.96. The number of amides is 2. The number of carbonyl (C=O) groups excluding carboxylic acids is 2. The van der Waals surface area contributed by atoms with E-state index < -0.39 is 11.9 Å². The van der Waals surface area contributed by atoms with Gasteiger partial charge in [0.15, 0.2) is 0 Å². The van der Waals surface area contributed by atoms with Crippen molar-refractivity contribution in [3.05, 3.63) is 35.9 Å². The van der Waals surface area contributed by atoms with E-state index in [1.807, 2.05) is 13.8 Å². The Kier molecular flexibility index (Phi) is 6.34. The lowest BCUT2D eigenvalue weighted by molar-refractivity contribution is -0.131. The first-order valence-electron chi connectivity index (χ1n) is 11.1. The van der Waals surface area contributed by atoms with E-state index in [0.29, 0.717) is 24.4 Å². The molecule has 2 fully saturated rings. The van der Waals surface area contributed by atoms with Crippen molar-refractivity contribution in [3.8, 4) is 11.5 Å². The first-order valence-corrected chi connectivity index (χ1v) is 11.1. The molecule has 166 valence electrons. The Morgan fingerprint density at radius 1 is 1.23 bits per heavy atom. The quantitative estimate of drug-likeness (QED) is 0.782. The Bertz CT molecular complexity index is 921. The van der Waals surface area contributed by atoms with E-state index >= 15 is 0 Å². The summed E-state index contributed by atoms with van der Waals surface area (Å²) >= 11 is 0. The summed E-state index contributed by atoms with van der Waals surface area (Å²) in [4.78, 5) is 32.2. The number of nitrogens with one attached hydrogen (secondary N) is 1. The zero-order chi connectivity index (χ0) is 22.0. The van der Waals surface area contributed by atoms with Gasteiger partial charge < -0.3 is 14.7 Å². The lowest BCUT2D eigenvalue weighted by atomic mass is 9.82. The molecule has 0 bridgehead atoms. The number of piperazine rings is 1. The maximum Gasteiger partial charge on any atom is 0.296 e. The third-order valence-corrected chi connectivity index (χ3v) is 6.28. The van der Waals surface area contributed by atoms with Gasteiger partial charge >= 0.3 is 0 Å². The van der Waals surface area contributed by atoms with Crippen molar-refractivity contribution >= 4 is 11.8 Å². The van der Waals surface area contributed by atoms with Crippen molar-refractivity contribution in [2.24, 2.45) is 11.8 Å². The second-order valence-corrected chi connectivity index (χ2v) is 9.05. The molecule has 1 saturated carbocycles. The molecule has 2 aromatic rings. The number of halogens is 1. The Hall–Kier alpha value is -2.77. The summed E-state index contributed by atoms with van der Waals surface area (Å²) in [5.74, 6) is -0.182. The van der Waals surface area contributed by atoms with Crippen LogP contribution >= 0.6 is 0 Å². The van der Waals surface area contributed by atoms with Gasteiger partial charge in [-0.25, -0.2) is 4.39 Å². The van der Waals surface area contributed by atoms with Crippen molar-refractivity contribution in [2.75, 3.05) is 6.54 Å². The fraction of sp³-hybridized carbons (Fsp3) is 0.565. The van der Waals surface area contributed by atoms with Crippen molar-refractivity contribution in [2.45, 2.75) is 64.5 Å². The number of aromatic nitrogens is 2. The van der Waals surface area contributed by atoms with E-state index in [1.165, 1.54) is 30.7 Å². The van der Waals surface area contributed by atoms with Crippen LogP contribution in [0, 0.1) is 17.7 Å². The van der Waals surface area contributed by atoms with Crippen LogP contribution in [0.2, 0.25) is 0 Å². The minimum Gasteiger partial charge on any atom is -0.350 e. The molecular formula is C23H29FN4O3. The zero-order valence-corrected chi connectivity index (χ0v) is 18.0. The standard InChI is InChI=1S/C23H29FN4O3/c1-14(2)12-19-21(29)25-18(15-6-4-3-5-7-15)13-28(19)23(30)20-26-22(31-27-20)16-8-10-17(24)11-9-16/h8-11,14-15,18-19H,3-7,12-13H2,1-2H3,(H,25,29). The second-order valence-electron chi connectivity index (χ2n) is 9.05. The molecule has 8 heteroatoms. The van der Waals surface area contributed by atoms with Gasteiger partial charge in [0.05, 0.1) is 0 Å². The van der Waals surface area contributed by atoms with E-state index in [2.05, 4.69) is 15.5 Å². The fourth-order valence-corrected chi connectivity index (χ4v) is 4.66. The molecule has 4 rings (SSSR count). The number of hydrogen-bond donors (Lipinski definition) is 1. The first kappa shape index (κ1) is 21.5. The molecule has 0 radical (unpaired) electrons. The molecule has 1 aliphatic heterocycles. The van der Waals surface area contributed by atoms with Crippen molar-refractivity contribution in [1.82, 2.24) is 20.4 Å². The SMILES string of the molecule is CC(C)CC1C(=O)NC(C2CCCCC2)CN1C(=O)c1noc(-c2ccc(F)cc2)n1. The van der Waals surface area contributed by atoms with Crippen LogP contribution < -0.4 is 5.32 Å². The van der Waals surface area contributed by atoms with Gasteiger partial charge in [0.25, 0.3) is 17.6 Å². The van der Waals surface area contributed by atoms with Gasteiger partial charge in [-0.3, -0.25) is 9.59 Å². The summed E-state index contributed by atoms with van der Waals surface area (Å²) in [5.41, 5.74) is 0.531. The van der Waals surface area contributed by atoms with E-state index in [1.54, 1.807) is 4.90 Å². The van der Waals surface area contributed by atoms with E-state index in [4.69, 9.17) is 4.52 Å². The van der Waals surface area contributed by atoms with E-state index in [0.717, 1.165) is 25.7 Å². The monoisotopic (exact) mass is 428 g/mol. The van der Waals surface area contributed by atoms with Crippen LogP contribution in [0.4, 0.5) is 4.39 Å². The van der Waals surface area contributed by atoms with Gasteiger partial charge in [-0.2, -0.15) is 4.98 Å². The second kappa shape index (κ2) is 9.16. The minimum atomic E-state index is -0.555. The van der Waals surface area contributed by atoms with Gasteiger partial charge in [0, 0.05) is 18.2 Å². The van der Waals surface area contributed by atoms with Gasteiger partial charge in [-0.1, -0.05) is 38.3 Å². The van der Waals surface area contributed by atoms with Crippen LogP contribution in [-0.2, 0) is 4.79 Å². The summed E-state index contributed by atoms with van der Waals surface area (Å²) in [6.45, 7) is 4.52. The third kappa shape index (κ3) is 4.78. The van der Waals surface area contributed by atoms with Crippen LogP contribution in [0.5, 0.6) is 0 Å². The van der Waals surface area contributed by atoms with Crippen LogP contribution in [0.25, 0.3) is 11.5 Å². The molecule has 7 nitrogen and oxygen atoms in total. The molecule has 2 amide bonds. The van der Waals surface area contributed by atoms with Crippen LogP contribution in [0.15, 0.2) is 28.8 Å². The molecule has 2 heterocycles. The smallest absolute Gasteiger partial charge is 0.296 e. The average molecular weight is 429 g/mol. The van der Waals surface area contributed by atoms with E-state index in [-0.39, 0.29) is 35.4 Å². The molecule has 2 unspecified atom stereocenters. The predicted octanol–water partition coefficient (Wildman–Crippen LogP) is 3.81. The molecule has 1 aromatic carbocycles. The molecule has 1 saturated heterocycles. The van der Waals surface area contributed by atoms with Crippen LogP contribution in [0.3, 0.4) is 0 Å². The minimum absolute atomic E-state index is 0.0522. The molecule has 1 N–H and O–H groups in total. The molecular weight excluding hydrogens is 399 g/mol. The maximum absolute atomic E-state index is 13.4. The normalized spacial score (nSPS) is 22.6. The summed E-state index contributed by atoms with van der Waals surface area (Å²) in [5, 5.41) is 7.05. The van der Waals surface area contributed by atoms with Crippen molar-refractivity contribution < 1.29 is 18.5 Å². The lowest BCUT2D eigenvalue weighted by Gasteiger charge is -2.43. The Morgan fingerprint density at radius 2 is 1.94 bits per heavy atom. The number of carbonyl (C=O) groups is 2. The number of hydrogen-bond acceptors (Lipinski definition) is 5. The molecule has 2 atom stereocenters. The zero-order valence-electron chi connectivity index (χ0n) is 18.0. The number of nitrogens with zero attached hydrogens (tertiary/aromatic N) is 3. The lowest BCUT2D eigenvalue weighted by Crippen LogP contribution is -2.63. The van der Waals surface area contributed by atoms with Crippen molar-refractivity contribution in [3.63, 3.8) is 0 Å². The largest absolute Gasteiger partial charge is 0.350 e. The summed E-state index contributed by atoms with van der Waals surface area (Å²) in [6, 6.07) is 5.02. The summed E-state index contributed by atoms with van der Waals surface area (Å²) in [6.07, 6.45) is 6.25. The predicted molar refractivity (Wildman–Crippen MR) is 112 cm³/mol. The Labute approximate surface area is 181 Å². The summed E-state index contributed by atoms with van der Waals surface area (Å²) in [7, 11) is 0. The highest BCUT2D eigenvalue weighted by Crippen LogP contribution is 2.30. The van der Waals surface area contributed by atoms with E-state index in [9.17, 15) is 14.0 Å². The molecule has 1 aliphatic carbocycles.